The van der Waals surface area contributed by atoms with Gasteiger partial charge in [0.2, 0.25) is 0 Å². The van der Waals surface area contributed by atoms with E-state index in [4.69, 9.17) is 27.9 Å². The van der Waals surface area contributed by atoms with Crippen LogP contribution < -0.4 is 4.74 Å². The van der Waals surface area contributed by atoms with E-state index in [2.05, 4.69) is 4.98 Å². The van der Waals surface area contributed by atoms with E-state index in [9.17, 15) is 8.42 Å². The van der Waals surface area contributed by atoms with Crippen molar-refractivity contribution in [1.82, 2.24) is 8.96 Å². The molecule has 2 aromatic carbocycles. The molecule has 0 N–H and O–H groups in total. The summed E-state index contributed by atoms with van der Waals surface area (Å²) in [6.45, 7) is 0. The molecule has 0 unspecified atom stereocenters. The number of halogens is 2. The molecular weight excluding hydrogens is 371 g/mol. The van der Waals surface area contributed by atoms with Crippen LogP contribution in [0, 0.1) is 0 Å². The molecule has 0 aliphatic carbocycles. The maximum atomic E-state index is 12.8. The van der Waals surface area contributed by atoms with Crippen molar-refractivity contribution in [2.75, 3.05) is 7.11 Å². The molecule has 3 rings (SSSR count). The topological polar surface area (TPSA) is 61.2 Å². The molecule has 0 amide bonds. The Hall–Kier alpha value is -2.02. The molecule has 0 saturated heterocycles. The van der Waals surface area contributed by atoms with Gasteiger partial charge in [0.25, 0.3) is 10.0 Å². The normalized spacial score (nSPS) is 11.5. The zero-order valence-electron chi connectivity index (χ0n) is 12.5. The second kappa shape index (κ2) is 6.47. The first-order valence-corrected chi connectivity index (χ1v) is 9.02. The minimum absolute atomic E-state index is 0.162. The van der Waals surface area contributed by atoms with E-state index in [-0.39, 0.29) is 20.8 Å². The minimum Gasteiger partial charge on any atom is -0.494 e. The number of benzene rings is 2. The van der Waals surface area contributed by atoms with Crippen molar-refractivity contribution in [2.24, 2.45) is 0 Å². The summed E-state index contributed by atoms with van der Waals surface area (Å²) in [7, 11) is -2.33. The lowest BCUT2D eigenvalue weighted by Crippen LogP contribution is -2.13. The Labute approximate surface area is 149 Å². The van der Waals surface area contributed by atoms with E-state index >= 15 is 0 Å². The number of nitrogens with zero attached hydrogens (tertiary/aromatic N) is 2. The third-order valence-electron chi connectivity index (χ3n) is 3.37. The smallest absolute Gasteiger partial charge is 0.269 e. The summed E-state index contributed by atoms with van der Waals surface area (Å²) in [6.07, 6.45) is 2.78. The summed E-state index contributed by atoms with van der Waals surface area (Å²) < 4.78 is 31.8. The van der Waals surface area contributed by atoms with Crippen LogP contribution in [-0.4, -0.2) is 24.5 Å². The number of ether oxygens (including phenoxy) is 1. The lowest BCUT2D eigenvalue weighted by atomic mass is 10.2. The van der Waals surface area contributed by atoms with Crippen molar-refractivity contribution in [1.29, 1.82) is 0 Å². The molecule has 5 nitrogen and oxygen atoms in total. The predicted molar refractivity (Wildman–Crippen MR) is 93.3 cm³/mol. The van der Waals surface area contributed by atoms with Crippen LogP contribution in [0.25, 0.3) is 11.4 Å². The van der Waals surface area contributed by atoms with E-state index in [1.807, 2.05) is 0 Å². The fraction of sp³-hybridized carbons (Fsp3) is 0.0625. The third-order valence-corrected chi connectivity index (χ3v) is 5.61. The van der Waals surface area contributed by atoms with E-state index in [0.717, 1.165) is 3.97 Å². The Morgan fingerprint density at radius 2 is 1.71 bits per heavy atom. The van der Waals surface area contributed by atoms with Crippen LogP contribution >= 0.6 is 23.2 Å². The maximum absolute atomic E-state index is 12.8. The number of methoxy groups -OCH3 is 1. The molecule has 0 bridgehead atoms. The van der Waals surface area contributed by atoms with Gasteiger partial charge in [0, 0.05) is 18.0 Å². The highest BCUT2D eigenvalue weighted by atomic mass is 35.5. The molecule has 8 heteroatoms. The molecule has 124 valence electrons. The number of hydrogen-bond donors (Lipinski definition) is 0. The first-order valence-electron chi connectivity index (χ1n) is 6.82. The van der Waals surface area contributed by atoms with Gasteiger partial charge in [-0.1, -0.05) is 41.4 Å². The number of rotatable bonds is 4. The van der Waals surface area contributed by atoms with Crippen LogP contribution in [0.4, 0.5) is 0 Å². The van der Waals surface area contributed by atoms with E-state index in [0.29, 0.717) is 11.3 Å². The van der Waals surface area contributed by atoms with Gasteiger partial charge < -0.3 is 4.74 Å². The van der Waals surface area contributed by atoms with Crippen LogP contribution in [0.15, 0.2) is 59.8 Å². The van der Waals surface area contributed by atoms with Gasteiger partial charge in [0.15, 0.2) is 11.6 Å². The zero-order valence-corrected chi connectivity index (χ0v) is 14.8. The van der Waals surface area contributed by atoms with Gasteiger partial charge in [-0.3, -0.25) is 0 Å². The molecule has 3 aromatic rings. The highest BCUT2D eigenvalue weighted by Crippen LogP contribution is 2.37. The van der Waals surface area contributed by atoms with Crippen LogP contribution in [0.3, 0.4) is 0 Å². The quantitative estimate of drug-likeness (QED) is 0.681. The van der Waals surface area contributed by atoms with Crippen molar-refractivity contribution in [3.8, 4) is 17.1 Å². The second-order valence-corrected chi connectivity index (χ2v) is 7.47. The fourth-order valence-electron chi connectivity index (χ4n) is 2.28. The Balaban J connectivity index is 2.16. The Morgan fingerprint density at radius 3 is 2.29 bits per heavy atom. The molecule has 0 fully saturated rings. The monoisotopic (exact) mass is 382 g/mol. The zero-order chi connectivity index (χ0) is 17.3. The highest BCUT2D eigenvalue weighted by molar-refractivity contribution is 7.90. The molecule has 0 aliphatic rings. The number of aromatic nitrogens is 2. The number of imidazole rings is 1. The van der Waals surface area contributed by atoms with Crippen molar-refractivity contribution in [2.45, 2.75) is 4.90 Å². The van der Waals surface area contributed by atoms with Crippen LogP contribution in [0.5, 0.6) is 5.75 Å². The van der Waals surface area contributed by atoms with E-state index in [1.54, 1.807) is 30.3 Å². The molecule has 0 atom stereocenters. The average molecular weight is 383 g/mol. The van der Waals surface area contributed by atoms with Gasteiger partial charge in [-0.05, 0) is 24.3 Å². The average Bonchev–Trinajstić information content (AvgIpc) is 3.06. The summed E-state index contributed by atoms with van der Waals surface area (Å²) in [5.41, 5.74) is 0.468. The lowest BCUT2D eigenvalue weighted by Gasteiger charge is -2.11. The van der Waals surface area contributed by atoms with Gasteiger partial charge >= 0.3 is 0 Å². The molecule has 1 heterocycles. The van der Waals surface area contributed by atoms with Crippen LogP contribution in [0.2, 0.25) is 10.0 Å². The standard InChI is InChI=1S/C16H12Cl2N2O3S/c1-23-15-13(17)9-11(10-14(15)18)16-19-7-8-20(16)24(21,22)12-5-3-2-4-6-12/h2-10H,1H3. The summed E-state index contributed by atoms with van der Waals surface area (Å²) in [5, 5.41) is 0.540. The van der Waals surface area contributed by atoms with E-state index < -0.39 is 10.0 Å². The van der Waals surface area contributed by atoms with Gasteiger partial charge in [-0.15, -0.1) is 0 Å². The summed E-state index contributed by atoms with van der Waals surface area (Å²) in [6, 6.07) is 11.2. The number of hydrogen-bond acceptors (Lipinski definition) is 4. The van der Waals surface area contributed by atoms with Gasteiger partial charge in [-0.2, -0.15) is 0 Å². The van der Waals surface area contributed by atoms with Crippen molar-refractivity contribution in [3.63, 3.8) is 0 Å². The maximum Gasteiger partial charge on any atom is 0.269 e. The summed E-state index contributed by atoms with van der Waals surface area (Å²) in [4.78, 5) is 4.30. The molecule has 1 aromatic heterocycles. The summed E-state index contributed by atoms with van der Waals surface area (Å²) >= 11 is 12.3. The molecular formula is C16H12Cl2N2O3S. The molecule has 24 heavy (non-hydrogen) atoms. The molecule has 0 saturated carbocycles. The molecule has 0 radical (unpaired) electrons. The predicted octanol–water partition coefficient (Wildman–Crippen LogP) is 4.10. The highest BCUT2D eigenvalue weighted by Gasteiger charge is 2.22. The molecule has 0 aliphatic heterocycles. The van der Waals surface area contributed by atoms with Crippen molar-refractivity contribution in [3.05, 3.63) is 64.9 Å². The van der Waals surface area contributed by atoms with Crippen LogP contribution in [0.1, 0.15) is 0 Å². The first-order chi connectivity index (χ1) is 11.4. The van der Waals surface area contributed by atoms with Gasteiger partial charge in [-0.25, -0.2) is 17.4 Å². The van der Waals surface area contributed by atoms with Gasteiger partial charge in [0.05, 0.1) is 22.1 Å². The lowest BCUT2D eigenvalue weighted by molar-refractivity contribution is 0.415. The van der Waals surface area contributed by atoms with Gasteiger partial charge in [0.1, 0.15) is 0 Å². The molecule has 0 spiro atoms. The first kappa shape index (κ1) is 16.8. The van der Waals surface area contributed by atoms with E-state index in [1.165, 1.54) is 31.6 Å². The Bertz CT molecular complexity index is 963. The van der Waals surface area contributed by atoms with Crippen molar-refractivity contribution < 1.29 is 13.2 Å². The fourth-order valence-corrected chi connectivity index (χ4v) is 4.24. The van der Waals surface area contributed by atoms with Crippen molar-refractivity contribution >= 4 is 33.2 Å². The summed E-state index contributed by atoms with van der Waals surface area (Å²) in [5.74, 6) is 0.538. The second-order valence-electron chi connectivity index (χ2n) is 4.84. The van der Waals surface area contributed by atoms with Crippen LogP contribution in [-0.2, 0) is 10.0 Å². The Kier molecular flexibility index (Phi) is 4.54. The SMILES string of the molecule is COc1c(Cl)cc(-c2nccn2S(=O)(=O)c2ccccc2)cc1Cl. The third kappa shape index (κ3) is 2.88. The largest absolute Gasteiger partial charge is 0.494 e. The minimum atomic E-state index is -3.78. The Morgan fingerprint density at radius 1 is 1.08 bits per heavy atom.